The lowest BCUT2D eigenvalue weighted by molar-refractivity contribution is -0.137. The molecule has 0 amide bonds. The highest BCUT2D eigenvalue weighted by molar-refractivity contribution is 7.89. The maximum absolute atomic E-state index is 12.7. The van der Waals surface area contributed by atoms with Gasteiger partial charge >= 0.3 is 12.1 Å². The second-order valence-electron chi connectivity index (χ2n) is 4.64. The highest BCUT2D eigenvalue weighted by Gasteiger charge is 2.30. The lowest BCUT2D eigenvalue weighted by Crippen LogP contribution is -2.13. The largest absolute Gasteiger partial charge is 0.478 e. The average Bonchev–Trinajstić information content (AvgIpc) is 2.45. The van der Waals surface area contributed by atoms with Gasteiger partial charge in [-0.15, -0.1) is 0 Å². The van der Waals surface area contributed by atoms with Gasteiger partial charge in [-0.3, -0.25) is 0 Å². The van der Waals surface area contributed by atoms with Crippen molar-refractivity contribution in [3.63, 3.8) is 0 Å². The van der Waals surface area contributed by atoms with Crippen LogP contribution in [-0.4, -0.2) is 19.5 Å². The Bertz CT molecular complexity index is 894. The molecule has 0 unspecified atom stereocenters. The number of carboxylic acids is 1. The molecule has 2 aromatic rings. The summed E-state index contributed by atoms with van der Waals surface area (Å²) in [6, 6.07) is 6.58. The SMILES string of the molecule is NS(=O)(=O)c1ccc(Oc2cccc(C(F)(F)F)c2)c(C(=O)O)c1. The van der Waals surface area contributed by atoms with E-state index in [0.717, 1.165) is 30.3 Å². The Morgan fingerprint density at radius 3 is 2.33 bits per heavy atom. The van der Waals surface area contributed by atoms with E-state index in [4.69, 9.17) is 15.0 Å². The van der Waals surface area contributed by atoms with Crippen LogP contribution in [0.25, 0.3) is 0 Å². The summed E-state index contributed by atoms with van der Waals surface area (Å²) in [6.45, 7) is 0. The molecule has 10 heteroatoms. The molecule has 0 aliphatic carbocycles. The normalized spacial score (nSPS) is 12.0. The standard InChI is InChI=1S/C14H10F3NO5S/c15-14(16,17)8-2-1-3-9(6-8)23-12-5-4-10(24(18,21)22)7-11(12)13(19)20/h1-7H,(H,19,20)(H2,18,21,22). The van der Waals surface area contributed by atoms with Crippen LogP contribution in [0.4, 0.5) is 13.2 Å². The van der Waals surface area contributed by atoms with E-state index in [2.05, 4.69) is 0 Å². The molecule has 0 saturated heterocycles. The molecule has 0 saturated carbocycles. The van der Waals surface area contributed by atoms with Crippen LogP contribution in [0.2, 0.25) is 0 Å². The first-order valence-corrected chi connectivity index (χ1v) is 7.78. The molecule has 6 nitrogen and oxygen atoms in total. The number of sulfonamides is 1. The molecule has 3 N–H and O–H groups in total. The van der Waals surface area contributed by atoms with Crippen molar-refractivity contribution in [1.29, 1.82) is 0 Å². The van der Waals surface area contributed by atoms with Crippen LogP contribution in [0.3, 0.4) is 0 Å². The molecule has 0 heterocycles. The Labute approximate surface area is 134 Å². The molecule has 2 aromatic carbocycles. The maximum Gasteiger partial charge on any atom is 0.416 e. The first-order valence-electron chi connectivity index (χ1n) is 6.24. The molecule has 0 aliphatic heterocycles. The minimum Gasteiger partial charge on any atom is -0.478 e. The molecule has 0 fully saturated rings. The number of hydrogen-bond donors (Lipinski definition) is 2. The molecule has 0 aliphatic rings. The van der Waals surface area contributed by atoms with E-state index in [9.17, 15) is 26.4 Å². The Balaban J connectivity index is 2.45. The molecular formula is C14H10F3NO5S. The van der Waals surface area contributed by atoms with Gasteiger partial charge < -0.3 is 9.84 Å². The number of rotatable bonds is 4. The number of alkyl halides is 3. The fourth-order valence-electron chi connectivity index (χ4n) is 1.81. The van der Waals surface area contributed by atoms with Crippen molar-refractivity contribution in [3.8, 4) is 11.5 Å². The minimum absolute atomic E-state index is 0.254. The van der Waals surface area contributed by atoms with E-state index < -0.39 is 38.2 Å². The fraction of sp³-hybridized carbons (Fsp3) is 0.0714. The van der Waals surface area contributed by atoms with Crippen LogP contribution in [0.5, 0.6) is 11.5 Å². The highest BCUT2D eigenvalue weighted by Crippen LogP contribution is 2.33. The molecule has 24 heavy (non-hydrogen) atoms. The molecular weight excluding hydrogens is 351 g/mol. The minimum atomic E-state index is -4.59. The van der Waals surface area contributed by atoms with Crippen LogP contribution in [0, 0.1) is 0 Å². The molecule has 0 spiro atoms. The fourth-order valence-corrected chi connectivity index (χ4v) is 2.34. The van der Waals surface area contributed by atoms with E-state index >= 15 is 0 Å². The molecule has 0 radical (unpaired) electrons. The van der Waals surface area contributed by atoms with Crippen LogP contribution >= 0.6 is 0 Å². The quantitative estimate of drug-likeness (QED) is 0.871. The number of carboxylic acid groups (broad SMARTS) is 1. The maximum atomic E-state index is 12.7. The van der Waals surface area contributed by atoms with Crippen molar-refractivity contribution in [2.24, 2.45) is 5.14 Å². The van der Waals surface area contributed by atoms with E-state index in [1.807, 2.05) is 0 Å². The Kier molecular flexibility index (Phi) is 4.54. The van der Waals surface area contributed by atoms with Gasteiger partial charge in [0.05, 0.1) is 10.5 Å². The number of benzene rings is 2. The molecule has 0 atom stereocenters. The summed E-state index contributed by atoms with van der Waals surface area (Å²) in [6.07, 6.45) is -4.59. The third-order valence-corrected chi connectivity index (χ3v) is 3.81. The topological polar surface area (TPSA) is 107 Å². The van der Waals surface area contributed by atoms with Gasteiger partial charge in [0, 0.05) is 0 Å². The van der Waals surface area contributed by atoms with Gasteiger partial charge in [-0.1, -0.05) is 6.07 Å². The number of ether oxygens (including phenoxy) is 1. The van der Waals surface area contributed by atoms with Crippen molar-refractivity contribution < 1.29 is 36.2 Å². The highest BCUT2D eigenvalue weighted by atomic mass is 32.2. The van der Waals surface area contributed by atoms with Crippen LogP contribution < -0.4 is 9.88 Å². The number of hydrogen-bond acceptors (Lipinski definition) is 4. The number of aromatic carboxylic acids is 1. The third-order valence-electron chi connectivity index (χ3n) is 2.90. The molecule has 128 valence electrons. The second kappa shape index (κ2) is 6.13. The first-order chi connectivity index (χ1) is 11.0. The zero-order valence-electron chi connectivity index (χ0n) is 11.7. The lowest BCUT2D eigenvalue weighted by atomic mass is 10.2. The predicted octanol–water partition coefficient (Wildman–Crippen LogP) is 2.84. The summed E-state index contributed by atoms with van der Waals surface area (Å²) in [5.74, 6) is -2.10. The lowest BCUT2D eigenvalue weighted by Gasteiger charge is -2.12. The predicted molar refractivity (Wildman–Crippen MR) is 76.3 cm³/mol. The average molecular weight is 361 g/mol. The third kappa shape index (κ3) is 4.03. The molecule has 0 aromatic heterocycles. The summed E-state index contributed by atoms with van der Waals surface area (Å²) in [5.41, 5.74) is -1.53. The van der Waals surface area contributed by atoms with Crippen molar-refractivity contribution in [2.75, 3.05) is 0 Å². The zero-order chi connectivity index (χ0) is 18.1. The summed E-state index contributed by atoms with van der Waals surface area (Å²) in [4.78, 5) is 10.8. The van der Waals surface area contributed by atoms with Crippen LogP contribution in [-0.2, 0) is 16.2 Å². The summed E-state index contributed by atoms with van der Waals surface area (Å²) in [5, 5.41) is 14.0. The van der Waals surface area contributed by atoms with Crippen molar-refractivity contribution in [3.05, 3.63) is 53.6 Å². The number of nitrogens with two attached hydrogens (primary N) is 1. The van der Waals surface area contributed by atoms with Crippen molar-refractivity contribution in [2.45, 2.75) is 11.1 Å². The van der Waals surface area contributed by atoms with Gasteiger partial charge in [0.15, 0.2) is 0 Å². The Hall–Kier alpha value is -2.59. The van der Waals surface area contributed by atoms with Gasteiger partial charge in [0.25, 0.3) is 0 Å². The van der Waals surface area contributed by atoms with Gasteiger partial charge in [-0.05, 0) is 36.4 Å². The Morgan fingerprint density at radius 1 is 1.12 bits per heavy atom. The second-order valence-corrected chi connectivity index (χ2v) is 6.20. The summed E-state index contributed by atoms with van der Waals surface area (Å²) < 4.78 is 65.7. The van der Waals surface area contributed by atoms with Crippen molar-refractivity contribution >= 4 is 16.0 Å². The first kappa shape index (κ1) is 17.8. The Morgan fingerprint density at radius 2 is 1.79 bits per heavy atom. The molecule has 2 rings (SSSR count). The van der Waals surface area contributed by atoms with Gasteiger partial charge in [0.1, 0.15) is 17.1 Å². The van der Waals surface area contributed by atoms with Crippen LogP contribution in [0.1, 0.15) is 15.9 Å². The number of carbonyl (C=O) groups is 1. The van der Waals surface area contributed by atoms with E-state index in [0.29, 0.717) is 6.07 Å². The monoisotopic (exact) mass is 361 g/mol. The number of halogens is 3. The van der Waals surface area contributed by atoms with E-state index in [1.54, 1.807) is 0 Å². The van der Waals surface area contributed by atoms with Gasteiger partial charge in [-0.2, -0.15) is 13.2 Å². The van der Waals surface area contributed by atoms with Crippen molar-refractivity contribution in [1.82, 2.24) is 0 Å². The smallest absolute Gasteiger partial charge is 0.416 e. The summed E-state index contributed by atoms with van der Waals surface area (Å²) in [7, 11) is -4.14. The van der Waals surface area contributed by atoms with E-state index in [-0.39, 0.29) is 11.5 Å². The number of primary sulfonamides is 1. The molecule has 0 bridgehead atoms. The van der Waals surface area contributed by atoms with Gasteiger partial charge in [0.2, 0.25) is 10.0 Å². The van der Waals surface area contributed by atoms with Crippen LogP contribution in [0.15, 0.2) is 47.4 Å². The van der Waals surface area contributed by atoms with E-state index in [1.165, 1.54) is 6.07 Å². The summed E-state index contributed by atoms with van der Waals surface area (Å²) >= 11 is 0. The zero-order valence-corrected chi connectivity index (χ0v) is 12.6. The van der Waals surface area contributed by atoms with Gasteiger partial charge in [-0.25, -0.2) is 18.4 Å².